The molecule has 90 valence electrons. The molecule has 0 aromatic carbocycles. The van der Waals surface area contributed by atoms with Crippen LogP contribution in [0.15, 0.2) is 10.4 Å². The van der Waals surface area contributed by atoms with Gasteiger partial charge in [-0.15, -0.1) is 23.7 Å². The van der Waals surface area contributed by atoms with Crippen LogP contribution < -0.4 is 17.2 Å². The second-order valence-corrected chi connectivity index (χ2v) is 4.70. The van der Waals surface area contributed by atoms with Crippen molar-refractivity contribution in [3.8, 4) is 0 Å². The topological polar surface area (TPSA) is 103 Å². The van der Waals surface area contributed by atoms with Gasteiger partial charge in [-0.2, -0.15) is 4.99 Å². The number of rotatable bonds is 2. The van der Waals surface area contributed by atoms with Crippen molar-refractivity contribution in [1.82, 2.24) is 4.98 Å². The van der Waals surface area contributed by atoms with E-state index < -0.39 is 0 Å². The summed E-state index contributed by atoms with van der Waals surface area (Å²) in [5.41, 5.74) is 17.5. The molecule has 1 aromatic rings. The predicted octanol–water partition coefficient (Wildman–Crippen LogP) is 1.06. The average Bonchev–Trinajstić information content (AvgIpc) is 2.72. The molecule has 7 heteroatoms. The van der Waals surface area contributed by atoms with E-state index >= 15 is 0 Å². The number of guanidine groups is 1. The van der Waals surface area contributed by atoms with Crippen molar-refractivity contribution < 1.29 is 0 Å². The fourth-order valence-electron chi connectivity index (χ4n) is 1.91. The highest BCUT2D eigenvalue weighted by Crippen LogP contribution is 2.35. The van der Waals surface area contributed by atoms with Gasteiger partial charge < -0.3 is 17.2 Å². The van der Waals surface area contributed by atoms with Crippen LogP contribution in [0.3, 0.4) is 0 Å². The average molecular weight is 262 g/mol. The molecule has 0 aliphatic heterocycles. The second-order valence-electron chi connectivity index (χ2n) is 3.86. The quantitative estimate of drug-likeness (QED) is 0.547. The molecule has 1 aliphatic carbocycles. The lowest BCUT2D eigenvalue weighted by Crippen LogP contribution is -2.21. The van der Waals surface area contributed by atoms with Gasteiger partial charge in [0.15, 0.2) is 5.96 Å². The van der Waals surface area contributed by atoms with Crippen LogP contribution in [0.1, 0.15) is 30.9 Å². The zero-order valence-corrected chi connectivity index (χ0v) is 10.4. The Morgan fingerprint density at radius 3 is 2.75 bits per heavy atom. The number of nitrogens with zero attached hydrogens (tertiary/aromatic N) is 2. The number of thiazole rings is 1. The number of aromatic nitrogens is 1. The first-order valence-corrected chi connectivity index (χ1v) is 5.83. The van der Waals surface area contributed by atoms with Gasteiger partial charge in [-0.1, -0.05) is 0 Å². The van der Waals surface area contributed by atoms with E-state index in [0.717, 1.165) is 25.0 Å². The monoisotopic (exact) mass is 261 g/mol. The maximum atomic E-state index is 5.86. The van der Waals surface area contributed by atoms with Crippen LogP contribution in [0.2, 0.25) is 0 Å². The van der Waals surface area contributed by atoms with Gasteiger partial charge in [-0.25, -0.2) is 4.98 Å². The first kappa shape index (κ1) is 13.2. The summed E-state index contributed by atoms with van der Waals surface area (Å²) >= 11 is 1.47. The lowest BCUT2D eigenvalue weighted by atomic mass is 10.1. The molecule has 2 rings (SSSR count). The highest BCUT2D eigenvalue weighted by atomic mass is 35.5. The Morgan fingerprint density at radius 1 is 1.44 bits per heavy atom. The van der Waals surface area contributed by atoms with E-state index in [-0.39, 0.29) is 18.4 Å². The van der Waals surface area contributed by atoms with Gasteiger partial charge in [0.25, 0.3) is 0 Å². The number of nitrogens with two attached hydrogens (primary N) is 3. The molecule has 0 radical (unpaired) electrons. The third kappa shape index (κ3) is 3.07. The van der Waals surface area contributed by atoms with Gasteiger partial charge >= 0.3 is 0 Å². The lowest BCUT2D eigenvalue weighted by Gasteiger charge is -2.04. The molecule has 1 aromatic heterocycles. The summed E-state index contributed by atoms with van der Waals surface area (Å²) in [4.78, 5) is 8.30. The number of aliphatic imine (C=N–C) groups is 1. The van der Waals surface area contributed by atoms with Gasteiger partial charge in [0.2, 0.25) is 5.13 Å². The van der Waals surface area contributed by atoms with Crippen LogP contribution in [-0.4, -0.2) is 17.0 Å². The largest absolute Gasteiger partial charge is 0.370 e. The van der Waals surface area contributed by atoms with Crippen molar-refractivity contribution in [3.05, 3.63) is 11.1 Å². The number of hydrogen-bond donors (Lipinski definition) is 3. The Labute approximate surface area is 105 Å². The molecule has 0 spiro atoms. The molecular formula is C9H16ClN5S. The van der Waals surface area contributed by atoms with Crippen molar-refractivity contribution in [2.24, 2.45) is 22.2 Å². The predicted molar refractivity (Wildman–Crippen MR) is 69.4 cm³/mol. The first-order chi connectivity index (χ1) is 7.15. The van der Waals surface area contributed by atoms with E-state index in [4.69, 9.17) is 17.2 Å². The summed E-state index contributed by atoms with van der Waals surface area (Å²) in [5, 5.41) is 2.65. The highest BCUT2D eigenvalue weighted by molar-refractivity contribution is 7.13. The van der Waals surface area contributed by atoms with Crippen molar-refractivity contribution in [2.45, 2.75) is 31.2 Å². The molecule has 1 aliphatic rings. The Kier molecular flexibility index (Phi) is 4.52. The van der Waals surface area contributed by atoms with Gasteiger partial charge in [0, 0.05) is 17.3 Å². The van der Waals surface area contributed by atoms with Crippen LogP contribution in [0, 0.1) is 0 Å². The highest BCUT2D eigenvalue weighted by Gasteiger charge is 2.24. The normalized spacial score (nSPS) is 23.8. The van der Waals surface area contributed by atoms with Gasteiger partial charge in [0.05, 0.1) is 5.69 Å². The standard InChI is InChI=1S/C9H15N5S.ClH/c10-6-2-1-5(3-6)7-4-15-9(13-7)14-8(11)12;/h4-6H,1-3,10H2,(H4,11,12,13,14);1H. The van der Waals surface area contributed by atoms with Gasteiger partial charge in [-0.3, -0.25) is 0 Å². The molecule has 1 fully saturated rings. The summed E-state index contributed by atoms with van der Waals surface area (Å²) in [7, 11) is 0. The smallest absolute Gasteiger partial charge is 0.212 e. The molecule has 1 heterocycles. The molecule has 0 amide bonds. The summed E-state index contributed by atoms with van der Waals surface area (Å²) in [6.45, 7) is 0. The van der Waals surface area contributed by atoms with E-state index in [1.165, 1.54) is 11.3 Å². The molecule has 5 nitrogen and oxygen atoms in total. The summed E-state index contributed by atoms with van der Waals surface area (Å²) < 4.78 is 0. The van der Waals surface area contributed by atoms with E-state index in [1.807, 2.05) is 5.38 Å². The summed E-state index contributed by atoms with van der Waals surface area (Å²) in [6.07, 6.45) is 3.22. The molecule has 2 atom stereocenters. The van der Waals surface area contributed by atoms with Crippen LogP contribution in [0.5, 0.6) is 0 Å². The van der Waals surface area contributed by atoms with Crippen LogP contribution >= 0.6 is 23.7 Å². The minimum atomic E-state index is 0. The van der Waals surface area contributed by atoms with Crippen molar-refractivity contribution in [2.75, 3.05) is 0 Å². The van der Waals surface area contributed by atoms with Gasteiger partial charge in [0.1, 0.15) is 0 Å². The maximum absolute atomic E-state index is 5.86. The maximum Gasteiger partial charge on any atom is 0.212 e. The Hall–Kier alpha value is -0.850. The molecule has 2 unspecified atom stereocenters. The number of halogens is 1. The third-order valence-corrected chi connectivity index (χ3v) is 3.38. The van der Waals surface area contributed by atoms with E-state index in [1.54, 1.807) is 0 Å². The zero-order valence-electron chi connectivity index (χ0n) is 8.80. The number of hydrogen-bond acceptors (Lipinski definition) is 4. The van der Waals surface area contributed by atoms with Crippen LogP contribution in [0.25, 0.3) is 0 Å². The summed E-state index contributed by atoms with van der Waals surface area (Å²) in [5.74, 6) is 0.540. The van der Waals surface area contributed by atoms with Crippen molar-refractivity contribution in [3.63, 3.8) is 0 Å². The fourth-order valence-corrected chi connectivity index (χ4v) is 2.70. The van der Waals surface area contributed by atoms with Crippen molar-refractivity contribution in [1.29, 1.82) is 0 Å². The second kappa shape index (κ2) is 5.47. The summed E-state index contributed by atoms with van der Waals surface area (Å²) in [6, 6.07) is 0.322. The van der Waals surface area contributed by atoms with Crippen LogP contribution in [0.4, 0.5) is 5.13 Å². The molecule has 1 saturated carbocycles. The first-order valence-electron chi connectivity index (χ1n) is 4.96. The van der Waals surface area contributed by atoms with E-state index in [9.17, 15) is 0 Å². The molecule has 0 saturated heterocycles. The minimum Gasteiger partial charge on any atom is -0.370 e. The zero-order chi connectivity index (χ0) is 10.8. The van der Waals surface area contributed by atoms with E-state index in [0.29, 0.717) is 17.1 Å². The van der Waals surface area contributed by atoms with E-state index in [2.05, 4.69) is 9.98 Å². The SMILES string of the molecule is Cl.NC(N)=Nc1nc(C2CCC(N)C2)cs1. The third-order valence-electron chi connectivity index (χ3n) is 2.63. The molecule has 0 bridgehead atoms. The minimum absolute atomic E-state index is 0. The Morgan fingerprint density at radius 2 is 2.19 bits per heavy atom. The Balaban J connectivity index is 0.00000128. The molecule has 6 N–H and O–H groups in total. The van der Waals surface area contributed by atoms with Gasteiger partial charge in [-0.05, 0) is 19.3 Å². The molecule has 16 heavy (non-hydrogen) atoms. The Bertz CT molecular complexity index is 374. The lowest BCUT2D eigenvalue weighted by molar-refractivity contribution is 0.665. The molecular weight excluding hydrogens is 246 g/mol. The van der Waals surface area contributed by atoms with Crippen LogP contribution in [-0.2, 0) is 0 Å². The fraction of sp³-hybridized carbons (Fsp3) is 0.556. The van der Waals surface area contributed by atoms with Crippen molar-refractivity contribution >= 4 is 34.8 Å².